The molecule has 0 aromatic carbocycles. The van der Waals surface area contributed by atoms with Crippen LogP contribution in [0, 0.1) is 23.7 Å². The van der Waals surface area contributed by atoms with Gasteiger partial charge in [0.2, 0.25) is 11.8 Å². The highest BCUT2D eigenvalue weighted by Crippen LogP contribution is 2.52. The SMILES string of the molecule is CCNC(=NCCCCOCC)NCCN1C(=O)C2C3C=CC(C3)C2C1=O.I. The van der Waals surface area contributed by atoms with Crippen molar-refractivity contribution in [2.75, 3.05) is 39.4 Å². The van der Waals surface area contributed by atoms with Crippen LogP contribution in [0.5, 0.6) is 0 Å². The molecule has 28 heavy (non-hydrogen) atoms. The number of fused-ring (bicyclic) bond motifs is 5. The number of allylic oxidation sites excluding steroid dienone is 2. The summed E-state index contributed by atoms with van der Waals surface area (Å²) in [4.78, 5) is 31.3. The quantitative estimate of drug-likeness (QED) is 0.118. The van der Waals surface area contributed by atoms with E-state index in [0.717, 1.165) is 51.5 Å². The van der Waals surface area contributed by atoms with Gasteiger partial charge in [-0.3, -0.25) is 19.5 Å². The number of hydrogen-bond donors (Lipinski definition) is 2. The van der Waals surface area contributed by atoms with Crippen LogP contribution in [0.15, 0.2) is 17.1 Å². The van der Waals surface area contributed by atoms with Crippen LogP contribution in [-0.4, -0.2) is 62.1 Å². The number of ether oxygens (including phenoxy) is 1. The molecule has 0 aromatic heterocycles. The van der Waals surface area contributed by atoms with Crippen molar-refractivity contribution in [1.82, 2.24) is 15.5 Å². The molecule has 1 saturated carbocycles. The zero-order chi connectivity index (χ0) is 19.2. The first kappa shape index (κ1) is 23.1. The van der Waals surface area contributed by atoms with E-state index in [1.165, 1.54) is 4.90 Å². The number of aliphatic imine (C=N–C) groups is 1. The van der Waals surface area contributed by atoms with Gasteiger partial charge in [0.25, 0.3) is 0 Å². The number of carbonyl (C=O) groups is 2. The smallest absolute Gasteiger partial charge is 0.233 e. The Bertz CT molecular complexity index is 580. The molecule has 1 heterocycles. The minimum absolute atomic E-state index is 0. The molecule has 7 nitrogen and oxygen atoms in total. The third kappa shape index (κ3) is 5.06. The molecule has 2 amide bonds. The highest BCUT2D eigenvalue weighted by atomic mass is 127. The molecule has 3 rings (SSSR count). The lowest BCUT2D eigenvalue weighted by Crippen LogP contribution is -2.43. The van der Waals surface area contributed by atoms with Gasteiger partial charge < -0.3 is 15.4 Å². The topological polar surface area (TPSA) is 83.0 Å². The lowest BCUT2D eigenvalue weighted by Gasteiger charge is -2.18. The first-order valence-corrected chi connectivity index (χ1v) is 10.3. The number of rotatable bonds is 10. The van der Waals surface area contributed by atoms with Gasteiger partial charge >= 0.3 is 0 Å². The second kappa shape index (κ2) is 11.1. The Labute approximate surface area is 184 Å². The van der Waals surface area contributed by atoms with E-state index in [4.69, 9.17) is 4.74 Å². The Morgan fingerprint density at radius 2 is 1.82 bits per heavy atom. The highest BCUT2D eigenvalue weighted by Gasteiger charge is 2.58. The number of likely N-dealkylation sites (tertiary alicyclic amines) is 1. The Morgan fingerprint density at radius 1 is 1.14 bits per heavy atom. The van der Waals surface area contributed by atoms with Crippen LogP contribution < -0.4 is 10.6 Å². The predicted molar refractivity (Wildman–Crippen MR) is 120 cm³/mol. The van der Waals surface area contributed by atoms with Crippen molar-refractivity contribution in [1.29, 1.82) is 0 Å². The average molecular weight is 504 g/mol. The van der Waals surface area contributed by atoms with Gasteiger partial charge in [-0.25, -0.2) is 0 Å². The van der Waals surface area contributed by atoms with Gasteiger partial charge in [0.15, 0.2) is 5.96 Å². The van der Waals surface area contributed by atoms with Gasteiger partial charge in [0.1, 0.15) is 0 Å². The summed E-state index contributed by atoms with van der Waals surface area (Å²) in [5.41, 5.74) is 0. The summed E-state index contributed by atoms with van der Waals surface area (Å²) in [6.45, 7) is 7.95. The molecule has 4 atom stereocenters. The van der Waals surface area contributed by atoms with E-state index >= 15 is 0 Å². The van der Waals surface area contributed by atoms with Crippen molar-refractivity contribution in [3.63, 3.8) is 0 Å². The molecule has 2 N–H and O–H groups in total. The van der Waals surface area contributed by atoms with Gasteiger partial charge in [-0.2, -0.15) is 0 Å². The van der Waals surface area contributed by atoms with Gasteiger partial charge in [0.05, 0.1) is 11.8 Å². The highest BCUT2D eigenvalue weighted by molar-refractivity contribution is 14.0. The maximum atomic E-state index is 12.7. The largest absolute Gasteiger partial charge is 0.382 e. The van der Waals surface area contributed by atoms with Crippen LogP contribution in [0.2, 0.25) is 0 Å². The minimum atomic E-state index is -0.111. The van der Waals surface area contributed by atoms with Crippen LogP contribution in [0.4, 0.5) is 0 Å². The van der Waals surface area contributed by atoms with E-state index in [0.29, 0.717) is 13.1 Å². The molecule has 0 radical (unpaired) electrons. The van der Waals surface area contributed by atoms with E-state index in [2.05, 4.69) is 27.8 Å². The maximum absolute atomic E-state index is 12.7. The van der Waals surface area contributed by atoms with Crippen LogP contribution in [0.3, 0.4) is 0 Å². The molecular formula is C20H33IN4O3. The molecular weight excluding hydrogens is 471 g/mol. The third-order valence-corrected chi connectivity index (χ3v) is 5.70. The zero-order valence-electron chi connectivity index (χ0n) is 16.9. The monoisotopic (exact) mass is 504 g/mol. The molecule has 2 bridgehead atoms. The fourth-order valence-corrected chi connectivity index (χ4v) is 4.46. The molecule has 158 valence electrons. The number of hydrogen-bond acceptors (Lipinski definition) is 4. The number of amides is 2. The molecule has 8 heteroatoms. The summed E-state index contributed by atoms with van der Waals surface area (Å²) in [6.07, 6.45) is 7.19. The number of halogens is 1. The van der Waals surface area contributed by atoms with Crippen LogP contribution in [0.1, 0.15) is 33.1 Å². The van der Waals surface area contributed by atoms with E-state index in [9.17, 15) is 9.59 Å². The Morgan fingerprint density at radius 3 is 2.43 bits per heavy atom. The lowest BCUT2D eigenvalue weighted by atomic mass is 9.85. The lowest BCUT2D eigenvalue weighted by molar-refractivity contribution is -0.140. The summed E-state index contributed by atoms with van der Waals surface area (Å²) in [6, 6.07) is 0. The fourth-order valence-electron chi connectivity index (χ4n) is 4.46. The second-order valence-electron chi connectivity index (χ2n) is 7.42. The predicted octanol–water partition coefficient (Wildman–Crippen LogP) is 1.78. The molecule has 0 aromatic rings. The first-order chi connectivity index (χ1) is 13.2. The standard InChI is InChI=1S/C20H32N4O3.HI/c1-3-21-20(22-9-5-6-12-27-4-2)23-10-11-24-18(25)16-14-7-8-15(13-14)17(16)19(24)26;/h7-8,14-17H,3-6,9-13H2,1-2H3,(H2,21,22,23);1H. The molecule has 1 saturated heterocycles. The van der Waals surface area contributed by atoms with Gasteiger partial charge in [-0.15, -0.1) is 24.0 Å². The number of unbranched alkanes of at least 4 members (excludes halogenated alkanes) is 1. The Balaban J connectivity index is 0.00000280. The maximum Gasteiger partial charge on any atom is 0.233 e. The van der Waals surface area contributed by atoms with Crippen molar-refractivity contribution in [2.24, 2.45) is 28.7 Å². The minimum Gasteiger partial charge on any atom is -0.382 e. The van der Waals surface area contributed by atoms with E-state index < -0.39 is 0 Å². The Hall–Kier alpha value is -1.16. The van der Waals surface area contributed by atoms with Crippen molar-refractivity contribution in [3.05, 3.63) is 12.2 Å². The number of guanidine groups is 1. The molecule has 2 aliphatic carbocycles. The average Bonchev–Trinajstić information content (AvgIpc) is 3.34. The zero-order valence-corrected chi connectivity index (χ0v) is 19.2. The number of nitrogens with one attached hydrogen (secondary N) is 2. The van der Waals surface area contributed by atoms with Crippen molar-refractivity contribution < 1.29 is 14.3 Å². The third-order valence-electron chi connectivity index (χ3n) is 5.70. The van der Waals surface area contributed by atoms with Gasteiger partial charge in [-0.05, 0) is 44.9 Å². The molecule has 0 spiro atoms. The van der Waals surface area contributed by atoms with Gasteiger partial charge in [-0.1, -0.05) is 12.2 Å². The summed E-state index contributed by atoms with van der Waals surface area (Å²) in [7, 11) is 0. The molecule has 3 aliphatic rings. The Kier molecular flexibility index (Phi) is 9.20. The number of nitrogens with zero attached hydrogens (tertiary/aromatic N) is 2. The van der Waals surface area contributed by atoms with Crippen molar-refractivity contribution in [2.45, 2.75) is 33.1 Å². The fraction of sp³-hybridized carbons (Fsp3) is 0.750. The molecule has 2 fully saturated rings. The summed E-state index contributed by atoms with van der Waals surface area (Å²) in [5, 5.41) is 6.45. The van der Waals surface area contributed by atoms with E-state index in [-0.39, 0.29) is 59.5 Å². The number of imide groups is 1. The number of carbonyl (C=O) groups excluding carboxylic acids is 2. The summed E-state index contributed by atoms with van der Waals surface area (Å²) in [5.74, 6) is 1.08. The summed E-state index contributed by atoms with van der Waals surface area (Å²) >= 11 is 0. The van der Waals surface area contributed by atoms with Crippen LogP contribution in [-0.2, 0) is 14.3 Å². The van der Waals surface area contributed by atoms with Crippen LogP contribution in [0.25, 0.3) is 0 Å². The van der Waals surface area contributed by atoms with Crippen molar-refractivity contribution >= 4 is 41.8 Å². The molecule has 1 aliphatic heterocycles. The summed E-state index contributed by atoms with van der Waals surface area (Å²) < 4.78 is 5.33. The van der Waals surface area contributed by atoms with Gasteiger partial charge in [0, 0.05) is 39.4 Å². The normalized spacial score (nSPS) is 27.9. The first-order valence-electron chi connectivity index (χ1n) is 10.3. The van der Waals surface area contributed by atoms with E-state index in [1.807, 2.05) is 13.8 Å². The van der Waals surface area contributed by atoms with Crippen molar-refractivity contribution in [3.8, 4) is 0 Å². The second-order valence-corrected chi connectivity index (χ2v) is 7.42. The van der Waals surface area contributed by atoms with Crippen LogP contribution >= 0.6 is 24.0 Å². The molecule has 4 unspecified atom stereocenters. The van der Waals surface area contributed by atoms with E-state index in [1.54, 1.807) is 0 Å².